The summed E-state index contributed by atoms with van der Waals surface area (Å²) in [5.74, 6) is 0.379. The maximum atomic E-state index is 12.2. The monoisotopic (exact) mass is 462 g/mol. The van der Waals surface area contributed by atoms with Crippen molar-refractivity contribution in [1.29, 1.82) is 0 Å². The maximum Gasteiger partial charge on any atom is 0.258 e. The van der Waals surface area contributed by atoms with Crippen molar-refractivity contribution in [1.82, 2.24) is 4.98 Å². The summed E-state index contributed by atoms with van der Waals surface area (Å²) in [4.78, 5) is 16.2. The molecule has 4 nitrogen and oxygen atoms in total. The molecule has 0 spiro atoms. The molecule has 1 heterocycles. The molecule has 104 valence electrons. The zero-order valence-electron chi connectivity index (χ0n) is 10.3. The summed E-state index contributed by atoms with van der Waals surface area (Å²) in [6, 6.07) is 6.94. The molecule has 2 aromatic rings. The highest BCUT2D eigenvalue weighted by Gasteiger charge is 2.14. The van der Waals surface area contributed by atoms with Gasteiger partial charge in [-0.2, -0.15) is 0 Å². The number of hydrogen-bond acceptors (Lipinski definition) is 3. The van der Waals surface area contributed by atoms with E-state index in [2.05, 4.69) is 58.1 Å². The smallest absolute Gasteiger partial charge is 0.258 e. The summed E-state index contributed by atoms with van der Waals surface area (Å²) in [7, 11) is 1.57. The van der Waals surface area contributed by atoms with Gasteiger partial charge in [-0.05, 0) is 66.0 Å². The van der Waals surface area contributed by atoms with Gasteiger partial charge in [-0.3, -0.25) is 4.79 Å². The fourth-order valence-electron chi connectivity index (χ4n) is 1.53. The Balaban J connectivity index is 2.31. The molecule has 7 heteroatoms. The van der Waals surface area contributed by atoms with Gasteiger partial charge < -0.3 is 10.1 Å². The van der Waals surface area contributed by atoms with Crippen molar-refractivity contribution < 1.29 is 9.53 Å². The molecule has 0 aliphatic heterocycles. The third-order valence-corrected chi connectivity index (χ3v) is 4.40. The van der Waals surface area contributed by atoms with Gasteiger partial charge in [-0.15, -0.1) is 0 Å². The van der Waals surface area contributed by atoms with E-state index in [1.807, 2.05) is 6.07 Å². The van der Waals surface area contributed by atoms with Crippen LogP contribution in [0.25, 0.3) is 0 Å². The molecule has 0 unspecified atom stereocenters. The van der Waals surface area contributed by atoms with Crippen LogP contribution in [0.4, 0.5) is 5.69 Å². The number of carbonyl (C=O) groups is 1. The summed E-state index contributed by atoms with van der Waals surface area (Å²) in [6.07, 6.45) is 1.61. The second-order valence-corrected chi connectivity index (χ2v) is 6.22. The number of methoxy groups -OCH3 is 1. The number of nitrogens with zero attached hydrogens (tertiary/aromatic N) is 1. The fourth-order valence-corrected chi connectivity index (χ4v) is 3.21. The van der Waals surface area contributed by atoms with Gasteiger partial charge in [0, 0.05) is 16.7 Å². The Morgan fingerprint density at radius 1 is 1.25 bits per heavy atom. The number of nitrogens with one attached hydrogen (secondary N) is 1. The number of aromatic nitrogens is 1. The van der Waals surface area contributed by atoms with Crippen molar-refractivity contribution in [2.24, 2.45) is 0 Å². The first kappa shape index (κ1) is 15.5. The van der Waals surface area contributed by atoms with Crippen LogP contribution in [0, 0.1) is 0 Å². The van der Waals surface area contributed by atoms with Crippen LogP contribution in [-0.4, -0.2) is 18.0 Å². The number of rotatable bonds is 3. The molecule has 0 aliphatic rings. The van der Waals surface area contributed by atoms with Crippen LogP contribution in [0.1, 0.15) is 10.4 Å². The molecule has 1 amide bonds. The lowest BCUT2D eigenvalue weighted by atomic mass is 10.2. The Kier molecular flexibility index (Phi) is 5.17. The molecule has 2 rings (SSSR count). The lowest BCUT2D eigenvalue weighted by Crippen LogP contribution is -2.13. The Morgan fingerprint density at radius 2 is 2.00 bits per heavy atom. The van der Waals surface area contributed by atoms with Crippen LogP contribution >= 0.6 is 47.8 Å². The minimum absolute atomic E-state index is 0.255. The maximum absolute atomic E-state index is 12.2. The molecule has 0 fully saturated rings. The van der Waals surface area contributed by atoms with Crippen LogP contribution < -0.4 is 10.1 Å². The van der Waals surface area contributed by atoms with E-state index in [1.165, 1.54) is 0 Å². The average molecular weight is 465 g/mol. The van der Waals surface area contributed by atoms with E-state index in [1.54, 1.807) is 31.5 Å². The first-order valence-corrected chi connectivity index (χ1v) is 7.85. The van der Waals surface area contributed by atoms with Crippen molar-refractivity contribution in [3.05, 3.63) is 49.6 Å². The molecule has 0 aliphatic carbocycles. The molecule has 1 N–H and O–H groups in total. The Labute approximate surface area is 141 Å². The molecule has 0 saturated carbocycles. The van der Waals surface area contributed by atoms with Gasteiger partial charge in [0.25, 0.3) is 5.91 Å². The first-order chi connectivity index (χ1) is 9.52. The lowest BCUT2D eigenvalue weighted by Gasteiger charge is -2.11. The lowest BCUT2D eigenvalue weighted by molar-refractivity contribution is 0.102. The van der Waals surface area contributed by atoms with Gasteiger partial charge in [0.1, 0.15) is 10.4 Å². The Morgan fingerprint density at radius 3 is 2.65 bits per heavy atom. The van der Waals surface area contributed by atoms with Gasteiger partial charge in [-0.25, -0.2) is 4.98 Å². The normalized spacial score (nSPS) is 10.2. The zero-order valence-corrected chi connectivity index (χ0v) is 15.0. The van der Waals surface area contributed by atoms with Crippen LogP contribution in [-0.2, 0) is 0 Å². The number of ether oxygens (including phenoxy) is 1. The van der Waals surface area contributed by atoms with Gasteiger partial charge in [0.05, 0.1) is 22.8 Å². The molecule has 0 atom stereocenters. The topological polar surface area (TPSA) is 51.2 Å². The highest BCUT2D eigenvalue weighted by Crippen LogP contribution is 2.34. The van der Waals surface area contributed by atoms with Crippen molar-refractivity contribution in [2.75, 3.05) is 12.4 Å². The van der Waals surface area contributed by atoms with E-state index in [0.29, 0.717) is 21.6 Å². The Bertz CT molecular complexity index is 662. The van der Waals surface area contributed by atoms with Gasteiger partial charge in [-0.1, -0.05) is 0 Å². The van der Waals surface area contributed by atoms with E-state index in [0.717, 1.165) is 8.95 Å². The first-order valence-electron chi connectivity index (χ1n) is 5.48. The number of halogens is 3. The molecule has 1 aromatic heterocycles. The van der Waals surface area contributed by atoms with Gasteiger partial charge >= 0.3 is 0 Å². The molecule has 20 heavy (non-hydrogen) atoms. The van der Waals surface area contributed by atoms with Crippen molar-refractivity contribution in [3.63, 3.8) is 0 Å². The van der Waals surface area contributed by atoms with Crippen molar-refractivity contribution >= 4 is 59.4 Å². The standard InChI is InChI=1S/C13H9Br3N2O2/c1-20-11-6-10(8(14)5-9(11)15)18-13(19)7-3-2-4-17-12(7)16/h2-6H,1H3,(H,18,19). The van der Waals surface area contributed by atoms with E-state index in [-0.39, 0.29) is 5.91 Å². The van der Waals surface area contributed by atoms with Crippen LogP contribution in [0.2, 0.25) is 0 Å². The van der Waals surface area contributed by atoms with Crippen LogP contribution in [0.15, 0.2) is 44.0 Å². The number of pyridine rings is 1. The van der Waals surface area contributed by atoms with Gasteiger partial charge in [0.2, 0.25) is 0 Å². The molecule has 0 radical (unpaired) electrons. The molecule has 0 saturated heterocycles. The summed E-state index contributed by atoms with van der Waals surface area (Å²) in [5, 5.41) is 2.81. The molecular weight excluding hydrogens is 456 g/mol. The van der Waals surface area contributed by atoms with Crippen molar-refractivity contribution in [3.8, 4) is 5.75 Å². The quantitative estimate of drug-likeness (QED) is 0.674. The second kappa shape index (κ2) is 6.69. The molecule has 0 bridgehead atoms. The second-order valence-electron chi connectivity index (χ2n) is 3.76. The zero-order chi connectivity index (χ0) is 14.7. The highest BCUT2D eigenvalue weighted by molar-refractivity contribution is 9.11. The summed E-state index contributed by atoms with van der Waals surface area (Å²) in [6.45, 7) is 0. The third kappa shape index (κ3) is 3.39. The van der Waals surface area contributed by atoms with Gasteiger partial charge in [0.15, 0.2) is 0 Å². The number of benzene rings is 1. The SMILES string of the molecule is COc1cc(NC(=O)c2cccnc2Br)c(Br)cc1Br. The van der Waals surface area contributed by atoms with Crippen molar-refractivity contribution in [2.45, 2.75) is 0 Å². The highest BCUT2D eigenvalue weighted by atomic mass is 79.9. The predicted octanol–water partition coefficient (Wildman–Crippen LogP) is 4.63. The van der Waals surface area contributed by atoms with Crippen LogP contribution in [0.5, 0.6) is 5.75 Å². The molecule has 1 aromatic carbocycles. The summed E-state index contributed by atoms with van der Waals surface area (Å²) < 4.78 is 7.26. The largest absolute Gasteiger partial charge is 0.495 e. The van der Waals surface area contributed by atoms with E-state index in [9.17, 15) is 4.79 Å². The minimum atomic E-state index is -0.255. The van der Waals surface area contributed by atoms with Crippen LogP contribution in [0.3, 0.4) is 0 Å². The summed E-state index contributed by atoms with van der Waals surface area (Å²) in [5.41, 5.74) is 1.08. The van der Waals surface area contributed by atoms with E-state index in [4.69, 9.17) is 4.74 Å². The number of carbonyl (C=O) groups excluding carboxylic acids is 1. The fraction of sp³-hybridized carbons (Fsp3) is 0.0769. The third-order valence-electron chi connectivity index (χ3n) is 2.49. The van der Waals surface area contributed by atoms with E-state index >= 15 is 0 Å². The number of anilines is 1. The number of amides is 1. The summed E-state index contributed by atoms with van der Waals surface area (Å²) >= 11 is 10.0. The number of hydrogen-bond donors (Lipinski definition) is 1. The molecular formula is C13H9Br3N2O2. The predicted molar refractivity (Wildman–Crippen MR) is 88.3 cm³/mol. The Hall–Kier alpha value is -0.920. The minimum Gasteiger partial charge on any atom is -0.495 e. The van der Waals surface area contributed by atoms with E-state index < -0.39 is 0 Å². The average Bonchev–Trinajstić information content (AvgIpc) is 2.42.